The maximum atomic E-state index is 12.7. The summed E-state index contributed by atoms with van der Waals surface area (Å²) in [5, 5.41) is 3.13. The highest BCUT2D eigenvalue weighted by atomic mass is 16.5. The van der Waals surface area contributed by atoms with E-state index in [2.05, 4.69) is 24.1 Å². The minimum Gasteiger partial charge on any atom is -0.497 e. The van der Waals surface area contributed by atoms with Crippen LogP contribution in [0.2, 0.25) is 0 Å². The molecule has 1 atom stereocenters. The molecule has 0 aliphatic heterocycles. The van der Waals surface area contributed by atoms with Crippen molar-refractivity contribution < 1.29 is 13.9 Å². The van der Waals surface area contributed by atoms with Crippen LogP contribution in [0.5, 0.6) is 5.75 Å². The molecule has 0 bridgehead atoms. The summed E-state index contributed by atoms with van der Waals surface area (Å²) in [5.74, 6) is 2.17. The summed E-state index contributed by atoms with van der Waals surface area (Å²) in [6.45, 7) is 6.01. The lowest BCUT2D eigenvalue weighted by atomic mass is 9.95. The molecule has 1 unspecified atom stereocenters. The van der Waals surface area contributed by atoms with Gasteiger partial charge in [0, 0.05) is 5.56 Å². The Balaban J connectivity index is 1.72. The molecule has 0 spiro atoms. The molecule has 146 valence electrons. The topological polar surface area (TPSA) is 64.4 Å². The Bertz CT molecular complexity index is 915. The largest absolute Gasteiger partial charge is 0.497 e. The Hall–Kier alpha value is -3.08. The highest BCUT2D eigenvalue weighted by molar-refractivity contribution is 5.79. The van der Waals surface area contributed by atoms with Gasteiger partial charge in [-0.3, -0.25) is 4.79 Å². The van der Waals surface area contributed by atoms with E-state index in [1.54, 1.807) is 7.11 Å². The second kappa shape index (κ2) is 8.74. The van der Waals surface area contributed by atoms with Crippen LogP contribution in [0.3, 0.4) is 0 Å². The van der Waals surface area contributed by atoms with Gasteiger partial charge < -0.3 is 14.5 Å². The van der Waals surface area contributed by atoms with Gasteiger partial charge in [0.2, 0.25) is 11.8 Å². The molecule has 1 amide bonds. The van der Waals surface area contributed by atoms with E-state index in [0.717, 1.165) is 16.9 Å². The molecule has 5 heteroatoms. The summed E-state index contributed by atoms with van der Waals surface area (Å²) in [6.07, 6.45) is 0.182. The average molecular weight is 378 g/mol. The summed E-state index contributed by atoms with van der Waals surface area (Å²) < 4.78 is 11.0. The summed E-state index contributed by atoms with van der Waals surface area (Å²) in [4.78, 5) is 17.2. The first-order chi connectivity index (χ1) is 13.5. The highest BCUT2D eigenvalue weighted by Crippen LogP contribution is 2.25. The zero-order valence-electron chi connectivity index (χ0n) is 16.7. The predicted molar refractivity (Wildman–Crippen MR) is 109 cm³/mol. The number of methoxy groups -OCH3 is 1. The number of rotatable bonds is 7. The fourth-order valence-corrected chi connectivity index (χ4v) is 3.12. The highest BCUT2D eigenvalue weighted by Gasteiger charge is 2.21. The van der Waals surface area contributed by atoms with Crippen LogP contribution in [0.1, 0.15) is 36.9 Å². The Morgan fingerprint density at radius 3 is 2.39 bits per heavy atom. The molecule has 0 saturated carbocycles. The lowest BCUT2D eigenvalue weighted by Gasteiger charge is -2.23. The van der Waals surface area contributed by atoms with Crippen LogP contribution in [-0.4, -0.2) is 18.0 Å². The molecule has 0 aliphatic carbocycles. The fourth-order valence-electron chi connectivity index (χ4n) is 3.12. The molecule has 1 aromatic heterocycles. The number of ether oxygens (including phenoxy) is 1. The third kappa shape index (κ3) is 4.60. The van der Waals surface area contributed by atoms with E-state index in [1.165, 1.54) is 0 Å². The number of nitrogens with zero attached hydrogens (tertiary/aromatic N) is 1. The molecule has 3 rings (SSSR count). The summed E-state index contributed by atoms with van der Waals surface area (Å²) in [7, 11) is 1.64. The monoisotopic (exact) mass is 378 g/mol. The zero-order valence-corrected chi connectivity index (χ0v) is 16.7. The smallest absolute Gasteiger partial charge is 0.226 e. The van der Waals surface area contributed by atoms with Crippen LogP contribution in [-0.2, 0) is 11.2 Å². The normalized spacial score (nSPS) is 12.0. The Morgan fingerprint density at radius 2 is 1.79 bits per heavy atom. The average Bonchev–Trinajstić information content (AvgIpc) is 3.07. The maximum absolute atomic E-state index is 12.7. The van der Waals surface area contributed by atoms with Gasteiger partial charge in [0.05, 0.1) is 25.3 Å². The summed E-state index contributed by atoms with van der Waals surface area (Å²) in [6, 6.07) is 17.4. The second-order valence-corrected chi connectivity index (χ2v) is 7.13. The quantitative estimate of drug-likeness (QED) is 0.646. The maximum Gasteiger partial charge on any atom is 0.226 e. The summed E-state index contributed by atoms with van der Waals surface area (Å²) in [5.41, 5.74) is 2.61. The Labute approximate surface area is 165 Å². The van der Waals surface area contributed by atoms with E-state index in [4.69, 9.17) is 9.15 Å². The molecule has 1 N–H and O–H groups in total. The van der Waals surface area contributed by atoms with E-state index >= 15 is 0 Å². The third-order valence-corrected chi connectivity index (χ3v) is 4.70. The van der Waals surface area contributed by atoms with Crippen molar-refractivity contribution in [2.24, 2.45) is 5.92 Å². The van der Waals surface area contributed by atoms with Gasteiger partial charge in [-0.15, -0.1) is 0 Å². The van der Waals surface area contributed by atoms with Gasteiger partial charge in [-0.1, -0.05) is 44.2 Å². The molecule has 0 aliphatic rings. The van der Waals surface area contributed by atoms with Gasteiger partial charge in [0.25, 0.3) is 0 Å². The minimum absolute atomic E-state index is 0.0782. The Kier molecular flexibility index (Phi) is 6.14. The molecule has 2 aromatic carbocycles. The zero-order chi connectivity index (χ0) is 20.1. The molecule has 28 heavy (non-hydrogen) atoms. The van der Waals surface area contributed by atoms with E-state index in [0.29, 0.717) is 17.3 Å². The van der Waals surface area contributed by atoms with Crippen LogP contribution in [0.15, 0.2) is 59.0 Å². The molecule has 1 heterocycles. The van der Waals surface area contributed by atoms with Gasteiger partial charge in [0.15, 0.2) is 0 Å². The molecular weight excluding hydrogens is 352 g/mol. The van der Waals surface area contributed by atoms with Crippen molar-refractivity contribution in [1.82, 2.24) is 10.3 Å². The van der Waals surface area contributed by atoms with Crippen molar-refractivity contribution in [3.05, 3.63) is 71.6 Å². The molecule has 0 saturated heterocycles. The lowest BCUT2D eigenvalue weighted by Crippen LogP contribution is -2.33. The van der Waals surface area contributed by atoms with Crippen molar-refractivity contribution >= 4 is 5.91 Å². The molecule has 0 radical (unpaired) electrons. The van der Waals surface area contributed by atoms with Crippen molar-refractivity contribution in [3.63, 3.8) is 0 Å². The third-order valence-electron chi connectivity index (χ3n) is 4.70. The van der Waals surface area contributed by atoms with Gasteiger partial charge in [-0.25, -0.2) is 4.98 Å². The first kappa shape index (κ1) is 19.7. The fraction of sp³-hybridized carbons (Fsp3) is 0.304. The van der Waals surface area contributed by atoms with E-state index < -0.39 is 0 Å². The number of oxazole rings is 1. The predicted octanol–water partition coefficient (Wildman–Crippen LogP) is 4.71. The standard InChI is InChI=1S/C23H26N2O3/c1-15(2)22(17-10-12-19(27-4)13-11-17)25-21(26)14-20-16(3)28-23(24-20)18-8-6-5-7-9-18/h5-13,15,22H,14H2,1-4H3,(H,25,26). The van der Waals surface area contributed by atoms with Gasteiger partial charge in [-0.2, -0.15) is 0 Å². The molecule has 3 aromatic rings. The first-order valence-electron chi connectivity index (χ1n) is 9.43. The minimum atomic E-state index is -0.0841. The molecule has 0 fully saturated rings. The van der Waals surface area contributed by atoms with Gasteiger partial charge in [-0.05, 0) is 42.7 Å². The lowest BCUT2D eigenvalue weighted by molar-refractivity contribution is -0.121. The van der Waals surface area contributed by atoms with E-state index in [1.807, 2.05) is 61.5 Å². The number of hydrogen-bond acceptors (Lipinski definition) is 4. The summed E-state index contributed by atoms with van der Waals surface area (Å²) >= 11 is 0. The van der Waals surface area contributed by atoms with Crippen LogP contribution in [0.4, 0.5) is 0 Å². The number of aromatic nitrogens is 1. The van der Waals surface area contributed by atoms with Crippen LogP contribution >= 0.6 is 0 Å². The number of carbonyl (C=O) groups is 1. The van der Waals surface area contributed by atoms with Crippen LogP contribution < -0.4 is 10.1 Å². The number of nitrogens with one attached hydrogen (secondary N) is 1. The van der Waals surface area contributed by atoms with Crippen molar-refractivity contribution in [3.8, 4) is 17.2 Å². The second-order valence-electron chi connectivity index (χ2n) is 7.13. The van der Waals surface area contributed by atoms with Crippen LogP contribution in [0, 0.1) is 12.8 Å². The number of hydrogen-bond donors (Lipinski definition) is 1. The first-order valence-corrected chi connectivity index (χ1v) is 9.43. The van der Waals surface area contributed by atoms with Gasteiger partial charge >= 0.3 is 0 Å². The van der Waals surface area contributed by atoms with Gasteiger partial charge in [0.1, 0.15) is 11.5 Å². The number of aryl methyl sites for hydroxylation is 1. The molecule has 5 nitrogen and oxygen atoms in total. The van der Waals surface area contributed by atoms with Crippen molar-refractivity contribution in [1.29, 1.82) is 0 Å². The SMILES string of the molecule is COc1ccc(C(NC(=O)Cc2nc(-c3ccccc3)oc2C)C(C)C)cc1. The van der Waals surface area contributed by atoms with Crippen molar-refractivity contribution in [2.75, 3.05) is 7.11 Å². The number of carbonyl (C=O) groups excluding carboxylic acids is 1. The van der Waals surface area contributed by atoms with Crippen molar-refractivity contribution in [2.45, 2.75) is 33.2 Å². The molecular formula is C23H26N2O3. The number of amides is 1. The van der Waals surface area contributed by atoms with E-state index in [-0.39, 0.29) is 24.3 Å². The van der Waals surface area contributed by atoms with Crippen LogP contribution in [0.25, 0.3) is 11.5 Å². The Morgan fingerprint density at radius 1 is 1.11 bits per heavy atom. The van der Waals surface area contributed by atoms with E-state index in [9.17, 15) is 4.79 Å². The number of benzene rings is 2.